The number of amides is 1. The van der Waals surface area contributed by atoms with Gasteiger partial charge in [-0.05, 0) is 13.8 Å². The van der Waals surface area contributed by atoms with Crippen molar-refractivity contribution >= 4 is 17.7 Å². The third kappa shape index (κ3) is 3.87. The summed E-state index contributed by atoms with van der Waals surface area (Å²) in [6.07, 6.45) is 0. The summed E-state index contributed by atoms with van der Waals surface area (Å²) in [5, 5.41) is 3.27. The molecule has 1 atom stereocenters. The maximum Gasteiger partial charge on any atom is 0.240 e. The first-order valence-electron chi connectivity index (χ1n) is 5.39. The van der Waals surface area contributed by atoms with Crippen molar-refractivity contribution in [1.82, 2.24) is 10.2 Å². The number of carbonyl (C=O) groups is 1. The Hall–Kier alpha value is -0.480. The number of hydrogen-bond donors (Lipinski definition) is 1. The van der Waals surface area contributed by atoms with Crippen molar-refractivity contribution < 1.29 is 4.79 Å². The van der Waals surface area contributed by atoms with Crippen molar-refractivity contribution in [2.75, 3.05) is 31.1 Å². The Kier molecular flexibility index (Phi) is 5.19. The van der Waals surface area contributed by atoms with Crippen LogP contribution < -0.4 is 5.32 Å². The molecule has 1 amide bonds. The summed E-state index contributed by atoms with van der Waals surface area (Å²) in [7, 11) is 0. The van der Waals surface area contributed by atoms with E-state index in [0.717, 1.165) is 30.2 Å². The number of carbonyl (C=O) groups excluding carboxylic acids is 1. The molecule has 1 aliphatic rings. The Morgan fingerprint density at radius 1 is 1.67 bits per heavy atom. The van der Waals surface area contributed by atoms with Gasteiger partial charge in [-0.3, -0.25) is 4.79 Å². The van der Waals surface area contributed by atoms with Crippen molar-refractivity contribution in [3.63, 3.8) is 0 Å². The Balaban J connectivity index is 2.50. The minimum Gasteiger partial charge on any atom is -0.338 e. The molecule has 1 unspecified atom stereocenters. The predicted molar refractivity (Wildman–Crippen MR) is 66.2 cm³/mol. The summed E-state index contributed by atoms with van der Waals surface area (Å²) in [6.45, 7) is 10.2. The molecule has 1 saturated heterocycles. The minimum absolute atomic E-state index is 0.00282. The Morgan fingerprint density at radius 2 is 2.40 bits per heavy atom. The van der Waals surface area contributed by atoms with Gasteiger partial charge in [0, 0.05) is 31.1 Å². The molecule has 0 aromatic rings. The summed E-state index contributed by atoms with van der Waals surface area (Å²) in [5.74, 6) is 2.22. The number of rotatable bonds is 4. The van der Waals surface area contributed by atoms with Gasteiger partial charge in [0.15, 0.2) is 0 Å². The van der Waals surface area contributed by atoms with Gasteiger partial charge in [0.05, 0.1) is 6.04 Å². The van der Waals surface area contributed by atoms with Gasteiger partial charge in [-0.15, -0.1) is 0 Å². The molecule has 4 heteroatoms. The second-order valence-electron chi connectivity index (χ2n) is 3.89. The normalized spacial score (nSPS) is 21.1. The van der Waals surface area contributed by atoms with E-state index in [1.165, 1.54) is 0 Å². The Labute approximate surface area is 96.3 Å². The fourth-order valence-corrected chi connectivity index (χ4v) is 2.54. The average Bonchev–Trinajstić information content (AvgIpc) is 2.26. The molecule has 3 nitrogen and oxygen atoms in total. The number of hydrogen-bond acceptors (Lipinski definition) is 3. The molecule has 1 aliphatic heterocycles. The number of likely N-dealkylation sites (N-methyl/N-ethyl adjacent to an activating group) is 1. The fourth-order valence-electron chi connectivity index (χ4n) is 1.62. The van der Waals surface area contributed by atoms with Crippen LogP contribution in [-0.4, -0.2) is 48.0 Å². The van der Waals surface area contributed by atoms with E-state index in [-0.39, 0.29) is 11.9 Å². The van der Waals surface area contributed by atoms with Crippen LogP contribution in [0, 0.1) is 0 Å². The van der Waals surface area contributed by atoms with Gasteiger partial charge in [-0.25, -0.2) is 0 Å². The molecule has 0 saturated carbocycles. The highest BCUT2D eigenvalue weighted by Gasteiger charge is 2.24. The van der Waals surface area contributed by atoms with Crippen LogP contribution in [0.2, 0.25) is 0 Å². The summed E-state index contributed by atoms with van der Waals surface area (Å²) >= 11 is 1.85. The van der Waals surface area contributed by atoms with Crippen LogP contribution >= 0.6 is 11.8 Å². The SMILES string of the molecule is C=C(C)CN(CC)C(=O)C1CSCCN1. The van der Waals surface area contributed by atoms with Crippen molar-refractivity contribution in [3.8, 4) is 0 Å². The van der Waals surface area contributed by atoms with Gasteiger partial charge in [0.2, 0.25) is 5.91 Å². The first-order valence-corrected chi connectivity index (χ1v) is 6.55. The highest BCUT2D eigenvalue weighted by molar-refractivity contribution is 7.99. The van der Waals surface area contributed by atoms with Gasteiger partial charge in [0.1, 0.15) is 0 Å². The van der Waals surface area contributed by atoms with Gasteiger partial charge in [-0.2, -0.15) is 11.8 Å². The smallest absolute Gasteiger partial charge is 0.240 e. The van der Waals surface area contributed by atoms with Crippen LogP contribution in [-0.2, 0) is 4.79 Å². The van der Waals surface area contributed by atoms with E-state index < -0.39 is 0 Å². The zero-order valence-electron chi connectivity index (χ0n) is 9.58. The zero-order chi connectivity index (χ0) is 11.3. The zero-order valence-corrected chi connectivity index (χ0v) is 10.4. The highest BCUT2D eigenvalue weighted by atomic mass is 32.2. The van der Waals surface area contributed by atoms with E-state index in [4.69, 9.17) is 0 Å². The summed E-state index contributed by atoms with van der Waals surface area (Å²) < 4.78 is 0. The van der Waals surface area contributed by atoms with Gasteiger partial charge >= 0.3 is 0 Å². The minimum atomic E-state index is 0.00282. The summed E-state index contributed by atoms with van der Waals surface area (Å²) in [4.78, 5) is 13.9. The fraction of sp³-hybridized carbons (Fsp3) is 0.727. The van der Waals surface area contributed by atoms with Crippen LogP contribution in [0.5, 0.6) is 0 Å². The van der Waals surface area contributed by atoms with Gasteiger partial charge in [0.25, 0.3) is 0 Å². The molecule has 86 valence electrons. The van der Waals surface area contributed by atoms with E-state index in [1.807, 2.05) is 30.5 Å². The molecule has 0 aliphatic carbocycles. The van der Waals surface area contributed by atoms with Crippen molar-refractivity contribution in [1.29, 1.82) is 0 Å². The van der Waals surface area contributed by atoms with E-state index in [0.29, 0.717) is 6.54 Å². The molecule has 1 fully saturated rings. The maximum absolute atomic E-state index is 12.1. The summed E-state index contributed by atoms with van der Waals surface area (Å²) in [5.41, 5.74) is 1.04. The van der Waals surface area contributed by atoms with Gasteiger partial charge in [-0.1, -0.05) is 12.2 Å². The lowest BCUT2D eigenvalue weighted by molar-refractivity contribution is -0.132. The Morgan fingerprint density at radius 3 is 2.87 bits per heavy atom. The molecular weight excluding hydrogens is 208 g/mol. The van der Waals surface area contributed by atoms with Crippen LogP contribution in [0.3, 0.4) is 0 Å². The van der Waals surface area contributed by atoms with Gasteiger partial charge < -0.3 is 10.2 Å². The lowest BCUT2D eigenvalue weighted by Gasteiger charge is -2.29. The predicted octanol–water partition coefficient (Wildman–Crippen LogP) is 1.12. The van der Waals surface area contributed by atoms with E-state index in [1.54, 1.807) is 0 Å². The molecule has 1 heterocycles. The Bertz CT molecular complexity index is 237. The van der Waals surface area contributed by atoms with Crippen LogP contribution in [0.15, 0.2) is 12.2 Å². The van der Waals surface area contributed by atoms with Crippen molar-refractivity contribution in [2.24, 2.45) is 0 Å². The molecular formula is C11H20N2OS. The van der Waals surface area contributed by atoms with E-state index in [9.17, 15) is 4.79 Å². The number of thioether (sulfide) groups is 1. The molecule has 1 N–H and O–H groups in total. The van der Waals surface area contributed by atoms with E-state index >= 15 is 0 Å². The average molecular weight is 228 g/mol. The van der Waals surface area contributed by atoms with Crippen LogP contribution in [0.1, 0.15) is 13.8 Å². The monoisotopic (exact) mass is 228 g/mol. The van der Waals surface area contributed by atoms with Crippen LogP contribution in [0.4, 0.5) is 0 Å². The second kappa shape index (κ2) is 6.18. The third-order valence-corrected chi connectivity index (χ3v) is 3.44. The topological polar surface area (TPSA) is 32.3 Å². The molecule has 0 aromatic carbocycles. The second-order valence-corrected chi connectivity index (χ2v) is 5.04. The quantitative estimate of drug-likeness (QED) is 0.732. The van der Waals surface area contributed by atoms with Crippen molar-refractivity contribution in [2.45, 2.75) is 19.9 Å². The molecule has 0 aromatic heterocycles. The lowest BCUT2D eigenvalue weighted by Crippen LogP contribution is -2.50. The molecule has 0 bridgehead atoms. The number of nitrogens with zero attached hydrogens (tertiary/aromatic N) is 1. The van der Waals surface area contributed by atoms with Crippen molar-refractivity contribution in [3.05, 3.63) is 12.2 Å². The van der Waals surface area contributed by atoms with E-state index in [2.05, 4.69) is 11.9 Å². The summed E-state index contributed by atoms with van der Waals surface area (Å²) in [6, 6.07) is 0.00282. The highest BCUT2D eigenvalue weighted by Crippen LogP contribution is 2.10. The molecule has 0 spiro atoms. The lowest BCUT2D eigenvalue weighted by atomic mass is 10.2. The molecule has 1 rings (SSSR count). The van der Waals surface area contributed by atoms with Crippen LogP contribution in [0.25, 0.3) is 0 Å². The largest absolute Gasteiger partial charge is 0.338 e. The third-order valence-electron chi connectivity index (χ3n) is 2.37. The first-order chi connectivity index (χ1) is 7.15. The molecule has 0 radical (unpaired) electrons. The standard InChI is InChI=1S/C11H20N2OS/c1-4-13(7-9(2)3)11(14)10-8-15-6-5-12-10/h10,12H,2,4-8H2,1,3H3. The first kappa shape index (κ1) is 12.6. The molecule has 15 heavy (non-hydrogen) atoms. The number of nitrogens with one attached hydrogen (secondary N) is 1. The maximum atomic E-state index is 12.1.